The second-order valence-electron chi connectivity index (χ2n) is 7.42. The maximum Gasteiger partial charge on any atom is 0.433 e. The van der Waals surface area contributed by atoms with Crippen LogP contribution in [0, 0.1) is 0 Å². The fraction of sp³-hybridized carbons (Fsp3) is 0.476. The number of nitrogens with zero attached hydrogens (tertiary/aromatic N) is 3. The van der Waals surface area contributed by atoms with E-state index in [1.807, 2.05) is 18.7 Å². The Morgan fingerprint density at radius 2 is 1.76 bits per heavy atom. The topological polar surface area (TPSA) is 46.1 Å². The molecule has 0 unspecified atom stereocenters. The third-order valence-corrected chi connectivity index (χ3v) is 6.09. The van der Waals surface area contributed by atoms with Crippen molar-refractivity contribution in [2.75, 3.05) is 0 Å². The maximum atomic E-state index is 13.4. The van der Waals surface area contributed by atoms with Crippen LogP contribution in [0.25, 0.3) is 11.3 Å². The van der Waals surface area contributed by atoms with E-state index in [4.69, 9.17) is 0 Å². The summed E-state index contributed by atoms with van der Waals surface area (Å²) in [7, 11) is 0. The minimum absolute atomic E-state index is 0.0446. The first-order chi connectivity index (χ1) is 13.7. The van der Waals surface area contributed by atoms with Gasteiger partial charge in [-0.3, -0.25) is 4.79 Å². The second-order valence-corrected chi connectivity index (χ2v) is 8.73. The van der Waals surface area contributed by atoms with Gasteiger partial charge in [0.2, 0.25) is 5.91 Å². The van der Waals surface area contributed by atoms with Crippen LogP contribution in [-0.2, 0) is 11.0 Å². The van der Waals surface area contributed by atoms with Gasteiger partial charge in [-0.25, -0.2) is 9.97 Å². The fourth-order valence-electron chi connectivity index (χ4n) is 3.65. The second kappa shape index (κ2) is 8.73. The summed E-state index contributed by atoms with van der Waals surface area (Å²) in [6.07, 6.45) is -1.65. The van der Waals surface area contributed by atoms with Gasteiger partial charge in [0.25, 0.3) is 0 Å². The van der Waals surface area contributed by atoms with Gasteiger partial charge in [-0.05, 0) is 46.1 Å². The monoisotopic (exact) mass is 423 g/mol. The Hall–Kier alpha value is -2.09. The van der Waals surface area contributed by atoms with Crippen molar-refractivity contribution in [3.8, 4) is 11.3 Å². The molecule has 156 valence electrons. The normalized spacial score (nSPS) is 21.1. The summed E-state index contributed by atoms with van der Waals surface area (Å²) in [5.41, 5.74) is -0.248. The van der Waals surface area contributed by atoms with Gasteiger partial charge in [0.15, 0.2) is 5.16 Å². The number of carbonyl (C=O) groups excluding carboxylic acids is 1. The van der Waals surface area contributed by atoms with Crippen LogP contribution in [0.15, 0.2) is 41.6 Å². The number of piperidine rings is 1. The van der Waals surface area contributed by atoms with E-state index < -0.39 is 17.1 Å². The highest BCUT2D eigenvalue weighted by atomic mass is 32.2. The summed E-state index contributed by atoms with van der Waals surface area (Å²) >= 11 is 0.975. The van der Waals surface area contributed by atoms with Crippen LogP contribution in [-0.4, -0.2) is 38.1 Å². The summed E-state index contributed by atoms with van der Waals surface area (Å²) < 4.78 is 40.1. The van der Waals surface area contributed by atoms with E-state index in [1.165, 1.54) is 0 Å². The van der Waals surface area contributed by atoms with Crippen molar-refractivity contribution in [3.05, 3.63) is 42.1 Å². The molecule has 0 bridgehead atoms. The molecule has 1 saturated heterocycles. The molecule has 0 N–H and O–H groups in total. The van der Waals surface area contributed by atoms with Crippen LogP contribution in [0.5, 0.6) is 0 Å². The number of alkyl halides is 3. The van der Waals surface area contributed by atoms with E-state index >= 15 is 0 Å². The first-order valence-corrected chi connectivity index (χ1v) is 10.6. The Morgan fingerprint density at radius 1 is 1.14 bits per heavy atom. The zero-order valence-corrected chi connectivity index (χ0v) is 17.4. The molecule has 3 atom stereocenters. The average molecular weight is 424 g/mol. The van der Waals surface area contributed by atoms with Gasteiger partial charge in [0.1, 0.15) is 5.69 Å². The molecule has 1 aliphatic rings. The molecular weight excluding hydrogens is 399 g/mol. The minimum Gasteiger partial charge on any atom is -0.336 e. The molecule has 1 fully saturated rings. The number of benzene rings is 1. The highest BCUT2D eigenvalue weighted by molar-refractivity contribution is 8.00. The summed E-state index contributed by atoms with van der Waals surface area (Å²) in [4.78, 5) is 22.8. The number of amides is 1. The first-order valence-electron chi connectivity index (χ1n) is 9.67. The zero-order valence-electron chi connectivity index (χ0n) is 16.6. The van der Waals surface area contributed by atoms with E-state index in [0.29, 0.717) is 5.56 Å². The molecule has 2 aromatic rings. The minimum atomic E-state index is -4.59. The molecule has 8 heteroatoms. The van der Waals surface area contributed by atoms with E-state index in [-0.39, 0.29) is 28.8 Å². The van der Waals surface area contributed by atoms with E-state index in [1.54, 1.807) is 37.3 Å². The van der Waals surface area contributed by atoms with Crippen LogP contribution >= 0.6 is 11.8 Å². The van der Waals surface area contributed by atoms with Gasteiger partial charge in [0, 0.05) is 17.6 Å². The largest absolute Gasteiger partial charge is 0.433 e. The van der Waals surface area contributed by atoms with Crippen LogP contribution in [0.3, 0.4) is 0 Å². The number of rotatable bonds is 4. The molecule has 0 saturated carbocycles. The predicted molar refractivity (Wildman–Crippen MR) is 107 cm³/mol. The number of hydrogen-bond acceptors (Lipinski definition) is 4. The highest BCUT2D eigenvalue weighted by Gasteiger charge is 2.35. The molecule has 1 aromatic carbocycles. The lowest BCUT2D eigenvalue weighted by molar-refractivity contribution is -0.141. The van der Waals surface area contributed by atoms with Crippen molar-refractivity contribution in [3.63, 3.8) is 0 Å². The van der Waals surface area contributed by atoms with Crippen LogP contribution in [0.2, 0.25) is 0 Å². The van der Waals surface area contributed by atoms with Crippen LogP contribution in [0.4, 0.5) is 13.2 Å². The van der Waals surface area contributed by atoms with Crippen molar-refractivity contribution >= 4 is 17.7 Å². The first kappa shape index (κ1) is 21.6. The summed E-state index contributed by atoms with van der Waals surface area (Å²) in [5, 5.41) is -0.623. The number of aromatic nitrogens is 2. The standard InChI is InChI=1S/C21H24F3N3OS/c1-13-8-7-9-14(2)27(13)19(28)15(3)29-20-25-17(16-10-5-4-6-11-16)12-18(26-20)21(22,23)24/h4-6,10-15H,7-9H2,1-3H3/t13-,14+,15-/m1/s1. The number of carbonyl (C=O) groups is 1. The Labute approximate surface area is 172 Å². The van der Waals surface area contributed by atoms with Crippen LogP contribution < -0.4 is 0 Å². The summed E-state index contributed by atoms with van der Waals surface area (Å²) in [6.45, 7) is 5.73. The Morgan fingerprint density at radius 3 is 2.34 bits per heavy atom. The summed E-state index contributed by atoms with van der Waals surface area (Å²) in [6, 6.07) is 9.85. The molecule has 1 aromatic heterocycles. The smallest absolute Gasteiger partial charge is 0.336 e. The van der Waals surface area contributed by atoms with Crippen molar-refractivity contribution in [1.82, 2.24) is 14.9 Å². The molecule has 4 nitrogen and oxygen atoms in total. The molecule has 2 heterocycles. The number of likely N-dealkylation sites (tertiary alicyclic amines) is 1. The lowest BCUT2D eigenvalue weighted by atomic mass is 9.97. The quantitative estimate of drug-likeness (QED) is 0.486. The predicted octanol–water partition coefficient (Wildman–Crippen LogP) is 5.43. The molecule has 3 rings (SSSR count). The highest BCUT2D eigenvalue weighted by Crippen LogP contribution is 2.34. The van der Waals surface area contributed by atoms with E-state index in [0.717, 1.165) is 37.1 Å². The van der Waals surface area contributed by atoms with Gasteiger partial charge in [-0.1, -0.05) is 42.1 Å². The third-order valence-electron chi connectivity index (χ3n) is 5.14. The molecule has 0 aliphatic carbocycles. The zero-order chi connectivity index (χ0) is 21.2. The van der Waals surface area contributed by atoms with Crippen LogP contribution in [0.1, 0.15) is 45.7 Å². The number of halogens is 3. The van der Waals surface area contributed by atoms with Crippen molar-refractivity contribution < 1.29 is 18.0 Å². The lowest BCUT2D eigenvalue weighted by Gasteiger charge is -2.40. The Kier molecular flexibility index (Phi) is 6.51. The Bertz CT molecular complexity index is 850. The average Bonchev–Trinajstić information content (AvgIpc) is 2.67. The van der Waals surface area contributed by atoms with Gasteiger partial charge in [0.05, 0.1) is 10.9 Å². The number of thioether (sulfide) groups is 1. The Balaban J connectivity index is 1.88. The van der Waals surface area contributed by atoms with Gasteiger partial charge in [-0.15, -0.1) is 0 Å². The molecule has 1 aliphatic heterocycles. The van der Waals surface area contributed by atoms with Gasteiger partial charge in [-0.2, -0.15) is 13.2 Å². The van der Waals surface area contributed by atoms with E-state index in [2.05, 4.69) is 9.97 Å². The third kappa shape index (κ3) is 5.10. The summed E-state index contributed by atoms with van der Waals surface area (Å²) in [5.74, 6) is -0.0861. The van der Waals surface area contributed by atoms with Gasteiger partial charge >= 0.3 is 6.18 Å². The maximum absolute atomic E-state index is 13.4. The van der Waals surface area contributed by atoms with E-state index in [9.17, 15) is 18.0 Å². The number of hydrogen-bond donors (Lipinski definition) is 0. The lowest BCUT2D eigenvalue weighted by Crippen LogP contribution is -2.50. The van der Waals surface area contributed by atoms with Crippen molar-refractivity contribution in [2.45, 2.75) is 68.7 Å². The molecule has 0 radical (unpaired) electrons. The van der Waals surface area contributed by atoms with Crippen molar-refractivity contribution in [2.24, 2.45) is 0 Å². The van der Waals surface area contributed by atoms with Crippen molar-refractivity contribution in [1.29, 1.82) is 0 Å². The molecule has 29 heavy (non-hydrogen) atoms. The molecular formula is C21H24F3N3OS. The molecule has 1 amide bonds. The van der Waals surface area contributed by atoms with Gasteiger partial charge < -0.3 is 4.90 Å². The fourth-order valence-corrected chi connectivity index (χ4v) is 4.49. The SMILES string of the molecule is C[C@@H]1CCC[C@H](C)N1C(=O)[C@@H](C)Sc1nc(-c2ccccc2)cc(C(F)(F)F)n1. The molecule has 0 spiro atoms.